The van der Waals surface area contributed by atoms with Crippen LogP contribution in [0.2, 0.25) is 5.02 Å². The Morgan fingerprint density at radius 3 is 2.90 bits per heavy atom. The van der Waals surface area contributed by atoms with Gasteiger partial charge in [-0.2, -0.15) is 0 Å². The maximum Gasteiger partial charge on any atom is 0.231 e. The zero-order valence-corrected chi connectivity index (χ0v) is 11.8. The second-order valence-corrected chi connectivity index (χ2v) is 5.31. The number of hydrogen-bond acceptors (Lipinski definition) is 4. The van der Waals surface area contributed by atoms with E-state index in [0.29, 0.717) is 17.5 Å². The summed E-state index contributed by atoms with van der Waals surface area (Å²) in [5.41, 5.74) is 8.82. The Bertz CT molecular complexity index is 844. The Morgan fingerprint density at radius 1 is 1.14 bits per heavy atom. The van der Waals surface area contributed by atoms with E-state index in [1.165, 1.54) is 0 Å². The van der Waals surface area contributed by atoms with Gasteiger partial charge in [-0.25, -0.2) is 4.98 Å². The summed E-state index contributed by atoms with van der Waals surface area (Å²) in [5.74, 6) is 1.99. The molecule has 0 amide bonds. The third-order valence-corrected chi connectivity index (χ3v) is 3.75. The molecule has 1 aromatic heterocycles. The van der Waals surface area contributed by atoms with Crippen LogP contribution in [0.1, 0.15) is 5.56 Å². The molecular formula is C15H12ClN3O2. The number of fused-ring (bicyclic) bond motifs is 2. The monoisotopic (exact) mass is 301 g/mol. The minimum Gasteiger partial charge on any atom is -0.454 e. The molecule has 0 saturated heterocycles. The molecule has 1 aliphatic rings. The van der Waals surface area contributed by atoms with Crippen molar-refractivity contribution in [3.05, 3.63) is 47.0 Å². The number of nitrogens with two attached hydrogens (primary N) is 1. The number of nitrogen functional groups attached to an aromatic ring is 1. The van der Waals surface area contributed by atoms with Crippen LogP contribution in [0.5, 0.6) is 11.5 Å². The van der Waals surface area contributed by atoms with Crippen molar-refractivity contribution in [2.75, 3.05) is 12.5 Å². The Balaban J connectivity index is 1.77. The summed E-state index contributed by atoms with van der Waals surface area (Å²) in [6.45, 7) is 0.865. The lowest BCUT2D eigenvalue weighted by atomic mass is 10.2. The summed E-state index contributed by atoms with van der Waals surface area (Å²) in [5, 5.41) is 0.661. The van der Waals surface area contributed by atoms with Crippen molar-refractivity contribution < 1.29 is 9.47 Å². The largest absolute Gasteiger partial charge is 0.454 e. The van der Waals surface area contributed by atoms with Crippen molar-refractivity contribution in [1.29, 1.82) is 0 Å². The van der Waals surface area contributed by atoms with E-state index in [1.807, 2.05) is 34.9 Å². The number of anilines is 1. The van der Waals surface area contributed by atoms with E-state index in [9.17, 15) is 0 Å². The van der Waals surface area contributed by atoms with Gasteiger partial charge in [0.2, 0.25) is 12.7 Å². The van der Waals surface area contributed by atoms with Gasteiger partial charge in [0.15, 0.2) is 11.5 Å². The Morgan fingerprint density at radius 2 is 2.00 bits per heavy atom. The number of aromatic nitrogens is 2. The fraction of sp³-hybridized carbons (Fsp3) is 0.133. The molecule has 0 spiro atoms. The van der Waals surface area contributed by atoms with Crippen LogP contribution in [0.25, 0.3) is 11.0 Å². The van der Waals surface area contributed by atoms with E-state index >= 15 is 0 Å². The molecule has 0 unspecified atom stereocenters. The van der Waals surface area contributed by atoms with Crippen molar-refractivity contribution in [2.24, 2.45) is 0 Å². The molecule has 106 valence electrons. The SMILES string of the molecule is Nc1nc2ccc(Cl)cc2n1Cc1ccc2c(c1)OCO2. The first-order chi connectivity index (χ1) is 10.2. The van der Waals surface area contributed by atoms with Crippen LogP contribution in [0.3, 0.4) is 0 Å². The Hall–Kier alpha value is -2.40. The highest BCUT2D eigenvalue weighted by atomic mass is 35.5. The summed E-state index contributed by atoms with van der Waals surface area (Å²) >= 11 is 6.06. The van der Waals surface area contributed by atoms with Gasteiger partial charge in [-0.15, -0.1) is 0 Å². The van der Waals surface area contributed by atoms with Gasteiger partial charge in [0.05, 0.1) is 17.6 Å². The van der Waals surface area contributed by atoms with Crippen LogP contribution >= 0.6 is 11.6 Å². The second-order valence-electron chi connectivity index (χ2n) is 4.88. The lowest BCUT2D eigenvalue weighted by molar-refractivity contribution is 0.174. The molecule has 21 heavy (non-hydrogen) atoms. The number of hydrogen-bond donors (Lipinski definition) is 1. The van der Waals surface area contributed by atoms with Gasteiger partial charge in [0.25, 0.3) is 0 Å². The van der Waals surface area contributed by atoms with E-state index in [-0.39, 0.29) is 6.79 Å². The maximum atomic E-state index is 6.06. The predicted octanol–water partition coefficient (Wildman–Crippen LogP) is 3.05. The summed E-state index contributed by atoms with van der Waals surface area (Å²) in [6.07, 6.45) is 0. The molecule has 2 heterocycles. The highest BCUT2D eigenvalue weighted by Gasteiger charge is 2.15. The normalized spacial score (nSPS) is 13.0. The maximum absolute atomic E-state index is 6.06. The van der Waals surface area contributed by atoms with Gasteiger partial charge in [-0.3, -0.25) is 0 Å². The summed E-state index contributed by atoms with van der Waals surface area (Å²) in [4.78, 5) is 4.35. The first-order valence-electron chi connectivity index (χ1n) is 6.50. The minimum atomic E-state index is 0.268. The molecule has 4 rings (SSSR count). The average molecular weight is 302 g/mol. The van der Waals surface area contributed by atoms with E-state index in [2.05, 4.69) is 4.98 Å². The molecule has 2 aromatic carbocycles. The topological polar surface area (TPSA) is 62.3 Å². The van der Waals surface area contributed by atoms with Crippen molar-refractivity contribution in [3.63, 3.8) is 0 Å². The molecule has 0 atom stereocenters. The van der Waals surface area contributed by atoms with Gasteiger partial charge in [-0.1, -0.05) is 17.7 Å². The quantitative estimate of drug-likeness (QED) is 0.790. The molecule has 3 aromatic rings. The Kier molecular flexibility index (Phi) is 2.68. The van der Waals surface area contributed by atoms with E-state index < -0.39 is 0 Å². The van der Waals surface area contributed by atoms with Crippen LogP contribution in [0.4, 0.5) is 5.95 Å². The molecule has 0 radical (unpaired) electrons. The van der Waals surface area contributed by atoms with Crippen molar-refractivity contribution >= 4 is 28.6 Å². The number of halogens is 1. The summed E-state index contributed by atoms with van der Waals surface area (Å²) in [7, 11) is 0. The van der Waals surface area contributed by atoms with Crippen LogP contribution in [0, 0.1) is 0 Å². The molecule has 5 nitrogen and oxygen atoms in total. The van der Waals surface area contributed by atoms with E-state index in [0.717, 1.165) is 28.1 Å². The first-order valence-corrected chi connectivity index (χ1v) is 6.88. The minimum absolute atomic E-state index is 0.268. The third kappa shape index (κ3) is 2.06. The highest BCUT2D eigenvalue weighted by molar-refractivity contribution is 6.31. The van der Waals surface area contributed by atoms with Gasteiger partial charge in [-0.05, 0) is 35.9 Å². The van der Waals surface area contributed by atoms with Gasteiger partial charge < -0.3 is 19.8 Å². The molecule has 0 fully saturated rings. The van der Waals surface area contributed by atoms with Crippen molar-refractivity contribution in [3.8, 4) is 11.5 Å². The number of benzene rings is 2. The summed E-state index contributed by atoms with van der Waals surface area (Å²) in [6, 6.07) is 11.4. The lowest BCUT2D eigenvalue weighted by Gasteiger charge is -2.07. The molecule has 0 saturated carbocycles. The van der Waals surface area contributed by atoms with Crippen LogP contribution in [0.15, 0.2) is 36.4 Å². The Labute approximate surface area is 125 Å². The van der Waals surface area contributed by atoms with Crippen molar-refractivity contribution in [1.82, 2.24) is 9.55 Å². The number of nitrogens with zero attached hydrogens (tertiary/aromatic N) is 2. The molecule has 2 N–H and O–H groups in total. The second kappa shape index (κ2) is 4.56. The fourth-order valence-corrected chi connectivity index (χ4v) is 2.67. The van der Waals surface area contributed by atoms with Gasteiger partial charge >= 0.3 is 0 Å². The van der Waals surface area contributed by atoms with Crippen LogP contribution < -0.4 is 15.2 Å². The van der Waals surface area contributed by atoms with E-state index in [4.69, 9.17) is 26.8 Å². The fourth-order valence-electron chi connectivity index (χ4n) is 2.50. The average Bonchev–Trinajstić information content (AvgIpc) is 3.04. The molecule has 0 bridgehead atoms. The van der Waals surface area contributed by atoms with Crippen LogP contribution in [-0.2, 0) is 6.54 Å². The summed E-state index contributed by atoms with van der Waals surface area (Å²) < 4.78 is 12.6. The highest BCUT2D eigenvalue weighted by Crippen LogP contribution is 2.33. The zero-order valence-electron chi connectivity index (χ0n) is 11.0. The van der Waals surface area contributed by atoms with Gasteiger partial charge in [0, 0.05) is 5.02 Å². The van der Waals surface area contributed by atoms with Gasteiger partial charge in [0.1, 0.15) is 0 Å². The molecule has 0 aliphatic carbocycles. The standard InChI is InChI=1S/C15H12ClN3O2/c16-10-2-3-11-12(6-10)19(15(17)18-11)7-9-1-4-13-14(5-9)21-8-20-13/h1-6H,7-8H2,(H2,17,18). The van der Waals surface area contributed by atoms with Crippen molar-refractivity contribution in [2.45, 2.75) is 6.54 Å². The lowest BCUT2D eigenvalue weighted by Crippen LogP contribution is -2.04. The molecular weight excluding hydrogens is 290 g/mol. The number of ether oxygens (including phenoxy) is 2. The van der Waals surface area contributed by atoms with Crippen LogP contribution in [-0.4, -0.2) is 16.3 Å². The third-order valence-electron chi connectivity index (χ3n) is 3.52. The zero-order chi connectivity index (χ0) is 14.4. The number of rotatable bonds is 2. The number of imidazole rings is 1. The smallest absolute Gasteiger partial charge is 0.231 e. The molecule has 1 aliphatic heterocycles. The predicted molar refractivity (Wildman–Crippen MR) is 80.8 cm³/mol. The van der Waals surface area contributed by atoms with E-state index in [1.54, 1.807) is 6.07 Å². The first kappa shape index (κ1) is 12.3. The molecule has 6 heteroatoms.